The van der Waals surface area contributed by atoms with Gasteiger partial charge in [-0.05, 0) is 41.8 Å². The Morgan fingerprint density at radius 2 is 1.56 bits per heavy atom. The Labute approximate surface area is 147 Å². The number of pyridine rings is 2. The molecule has 2 aromatic heterocycles. The van der Waals surface area contributed by atoms with Crippen LogP contribution in [-0.2, 0) is 11.2 Å². The summed E-state index contributed by atoms with van der Waals surface area (Å²) in [5, 5.41) is 0. The number of rotatable bonds is 2. The van der Waals surface area contributed by atoms with Crippen molar-refractivity contribution in [1.29, 1.82) is 0 Å². The van der Waals surface area contributed by atoms with Crippen LogP contribution < -0.4 is 0 Å². The molecule has 3 atom stereocenters. The zero-order valence-corrected chi connectivity index (χ0v) is 13.8. The van der Waals surface area contributed by atoms with E-state index in [0.717, 1.165) is 24.4 Å². The lowest BCUT2D eigenvalue weighted by Gasteiger charge is -2.33. The first-order valence-corrected chi connectivity index (χ1v) is 8.73. The Hall–Kier alpha value is -2.56. The van der Waals surface area contributed by atoms with Gasteiger partial charge < -0.3 is 4.74 Å². The van der Waals surface area contributed by atoms with Crippen molar-refractivity contribution < 1.29 is 4.74 Å². The molecule has 1 fully saturated rings. The van der Waals surface area contributed by atoms with Gasteiger partial charge in [0.25, 0.3) is 0 Å². The molecule has 25 heavy (non-hydrogen) atoms. The molecule has 0 bridgehead atoms. The lowest BCUT2D eigenvalue weighted by Crippen LogP contribution is -2.34. The summed E-state index contributed by atoms with van der Waals surface area (Å²) in [6.07, 6.45) is 4.57. The third kappa shape index (κ3) is 2.46. The van der Waals surface area contributed by atoms with Crippen LogP contribution >= 0.6 is 0 Å². The van der Waals surface area contributed by atoms with Crippen LogP contribution in [0.1, 0.15) is 40.9 Å². The fourth-order valence-corrected chi connectivity index (χ4v) is 4.02. The van der Waals surface area contributed by atoms with Crippen LogP contribution in [0, 0.1) is 0 Å². The number of nitrogens with zero attached hydrogens (tertiary/aromatic N) is 3. The van der Waals surface area contributed by atoms with Crippen LogP contribution in [0.3, 0.4) is 0 Å². The van der Waals surface area contributed by atoms with Crippen molar-refractivity contribution >= 4 is 0 Å². The van der Waals surface area contributed by atoms with E-state index in [2.05, 4.69) is 45.2 Å². The highest BCUT2D eigenvalue weighted by atomic mass is 16.5. The minimum Gasteiger partial charge on any atom is -0.347 e. The second-order valence-corrected chi connectivity index (χ2v) is 6.55. The minimum absolute atomic E-state index is 0.0380. The molecule has 0 N–H and O–H groups in total. The first kappa shape index (κ1) is 14.8. The predicted molar refractivity (Wildman–Crippen MR) is 94.6 cm³/mol. The highest BCUT2D eigenvalue weighted by molar-refractivity contribution is 5.34. The standard InChI is InChI=1S/C21H19N3O/c1-2-8-16-15(7-1)11-14-24-19(17-9-3-5-12-22-17)20(25-21(16)24)18-10-4-6-13-23-18/h1-10,12-13,19-21H,11,14H2/t19-,20-,21+/m0/s1. The molecule has 4 heterocycles. The van der Waals surface area contributed by atoms with Crippen LogP contribution in [0.25, 0.3) is 0 Å². The molecule has 0 saturated carbocycles. The summed E-state index contributed by atoms with van der Waals surface area (Å²) in [4.78, 5) is 11.6. The van der Waals surface area contributed by atoms with Crippen molar-refractivity contribution in [2.45, 2.75) is 24.8 Å². The van der Waals surface area contributed by atoms with Crippen molar-refractivity contribution in [1.82, 2.24) is 14.9 Å². The first-order chi connectivity index (χ1) is 12.4. The van der Waals surface area contributed by atoms with Crippen molar-refractivity contribution in [3.63, 3.8) is 0 Å². The Bertz CT molecular complexity index is 869. The van der Waals surface area contributed by atoms with Gasteiger partial charge in [-0.2, -0.15) is 0 Å². The van der Waals surface area contributed by atoms with E-state index >= 15 is 0 Å². The first-order valence-electron chi connectivity index (χ1n) is 8.73. The van der Waals surface area contributed by atoms with Gasteiger partial charge in [-0.3, -0.25) is 14.9 Å². The third-order valence-electron chi connectivity index (χ3n) is 5.15. The molecule has 2 aliphatic rings. The maximum Gasteiger partial charge on any atom is 0.138 e. The monoisotopic (exact) mass is 329 g/mol. The minimum atomic E-state index is -0.118. The van der Waals surface area contributed by atoms with E-state index in [1.54, 1.807) is 0 Å². The third-order valence-corrected chi connectivity index (χ3v) is 5.15. The zero-order valence-electron chi connectivity index (χ0n) is 13.8. The molecule has 4 heteroatoms. The van der Waals surface area contributed by atoms with Gasteiger partial charge >= 0.3 is 0 Å². The topological polar surface area (TPSA) is 38.2 Å². The van der Waals surface area contributed by atoms with Crippen molar-refractivity contribution in [3.05, 3.63) is 95.6 Å². The van der Waals surface area contributed by atoms with Gasteiger partial charge in [0.1, 0.15) is 12.3 Å². The fourth-order valence-electron chi connectivity index (χ4n) is 4.02. The van der Waals surface area contributed by atoms with E-state index in [1.165, 1.54) is 11.1 Å². The summed E-state index contributed by atoms with van der Waals surface area (Å²) < 4.78 is 6.57. The van der Waals surface area contributed by atoms with Gasteiger partial charge in [-0.1, -0.05) is 36.4 Å². The van der Waals surface area contributed by atoms with Crippen molar-refractivity contribution in [2.24, 2.45) is 0 Å². The van der Waals surface area contributed by atoms with Gasteiger partial charge in [0.05, 0.1) is 17.4 Å². The highest BCUT2D eigenvalue weighted by Gasteiger charge is 2.47. The number of ether oxygens (including phenoxy) is 1. The van der Waals surface area contributed by atoms with E-state index in [9.17, 15) is 0 Å². The van der Waals surface area contributed by atoms with E-state index in [-0.39, 0.29) is 18.4 Å². The van der Waals surface area contributed by atoms with E-state index < -0.39 is 0 Å². The van der Waals surface area contributed by atoms with Crippen molar-refractivity contribution in [2.75, 3.05) is 6.54 Å². The quantitative estimate of drug-likeness (QED) is 0.716. The summed E-state index contributed by atoms with van der Waals surface area (Å²) >= 11 is 0. The molecule has 1 aromatic carbocycles. The average Bonchev–Trinajstić information content (AvgIpc) is 3.09. The number of fused-ring (bicyclic) bond motifs is 3. The summed E-state index contributed by atoms with van der Waals surface area (Å²) in [6, 6.07) is 20.8. The molecular formula is C21H19N3O. The maximum atomic E-state index is 6.57. The fraction of sp³-hybridized carbons (Fsp3) is 0.238. The van der Waals surface area contributed by atoms with Crippen LogP contribution in [0.15, 0.2) is 73.1 Å². The Balaban J connectivity index is 1.62. The molecular weight excluding hydrogens is 310 g/mol. The lowest BCUT2D eigenvalue weighted by molar-refractivity contribution is -0.00899. The molecule has 1 saturated heterocycles. The molecule has 3 aromatic rings. The van der Waals surface area contributed by atoms with Gasteiger partial charge in [0, 0.05) is 18.9 Å². The van der Waals surface area contributed by atoms with E-state index in [1.807, 2.05) is 42.7 Å². The Kier molecular flexibility index (Phi) is 3.58. The second-order valence-electron chi connectivity index (χ2n) is 6.55. The summed E-state index contributed by atoms with van der Waals surface area (Å²) in [5.74, 6) is 0. The average molecular weight is 329 g/mol. The van der Waals surface area contributed by atoms with Crippen molar-refractivity contribution in [3.8, 4) is 0 Å². The van der Waals surface area contributed by atoms with Gasteiger partial charge in [-0.25, -0.2) is 0 Å². The normalized spacial score (nSPS) is 25.4. The highest BCUT2D eigenvalue weighted by Crippen LogP contribution is 2.51. The molecule has 124 valence electrons. The zero-order chi connectivity index (χ0) is 16.6. The second kappa shape index (κ2) is 6.06. The molecule has 5 rings (SSSR count). The molecule has 0 amide bonds. The van der Waals surface area contributed by atoms with Crippen LogP contribution in [0.4, 0.5) is 0 Å². The van der Waals surface area contributed by atoms with E-state index in [0.29, 0.717) is 0 Å². The summed E-state index contributed by atoms with van der Waals surface area (Å²) in [5.41, 5.74) is 4.66. The Morgan fingerprint density at radius 3 is 2.32 bits per heavy atom. The number of benzene rings is 1. The van der Waals surface area contributed by atoms with Gasteiger partial charge in [-0.15, -0.1) is 0 Å². The SMILES string of the molecule is c1ccc([C@@H]2O[C@@H]3c4ccccc4CCN3[C@H]2c2ccccn2)nc1. The largest absolute Gasteiger partial charge is 0.347 e. The maximum absolute atomic E-state index is 6.57. The smallest absolute Gasteiger partial charge is 0.138 e. The molecule has 0 spiro atoms. The summed E-state index contributed by atoms with van der Waals surface area (Å²) in [7, 11) is 0. The molecule has 2 aliphatic heterocycles. The number of aromatic nitrogens is 2. The molecule has 0 radical (unpaired) electrons. The van der Waals surface area contributed by atoms with Gasteiger partial charge in [0.15, 0.2) is 0 Å². The van der Waals surface area contributed by atoms with E-state index in [4.69, 9.17) is 4.74 Å². The molecule has 0 unspecified atom stereocenters. The van der Waals surface area contributed by atoms with Gasteiger partial charge in [0.2, 0.25) is 0 Å². The van der Waals surface area contributed by atoms with Crippen LogP contribution in [0.2, 0.25) is 0 Å². The number of hydrogen-bond acceptors (Lipinski definition) is 4. The lowest BCUT2D eigenvalue weighted by atomic mass is 9.96. The Morgan fingerprint density at radius 1 is 0.840 bits per heavy atom. The molecule has 4 nitrogen and oxygen atoms in total. The molecule has 0 aliphatic carbocycles. The number of hydrogen-bond donors (Lipinski definition) is 0. The summed E-state index contributed by atoms with van der Waals surface area (Å²) in [6.45, 7) is 0.965. The predicted octanol–water partition coefficient (Wildman–Crippen LogP) is 3.85. The van der Waals surface area contributed by atoms with Crippen LogP contribution in [-0.4, -0.2) is 21.4 Å². The van der Waals surface area contributed by atoms with Crippen LogP contribution in [0.5, 0.6) is 0 Å².